The van der Waals surface area contributed by atoms with E-state index in [1.807, 2.05) is 47.8 Å². The van der Waals surface area contributed by atoms with Crippen molar-refractivity contribution in [3.63, 3.8) is 0 Å². The normalized spacial score (nSPS) is 11.0. The summed E-state index contributed by atoms with van der Waals surface area (Å²) in [5, 5.41) is 2.85. The molecule has 6 nitrogen and oxygen atoms in total. The number of hydrogen-bond donors (Lipinski definition) is 1. The van der Waals surface area contributed by atoms with Crippen LogP contribution in [-0.4, -0.2) is 40.1 Å². The lowest BCUT2D eigenvalue weighted by Gasteiger charge is -2.11. The average molecular weight is 336 g/mol. The van der Waals surface area contributed by atoms with Crippen molar-refractivity contribution in [3.05, 3.63) is 65.6 Å². The van der Waals surface area contributed by atoms with E-state index in [-0.39, 0.29) is 11.7 Å². The number of rotatable bonds is 5. The van der Waals surface area contributed by atoms with Gasteiger partial charge in [0.1, 0.15) is 5.65 Å². The van der Waals surface area contributed by atoms with E-state index in [0.29, 0.717) is 23.5 Å². The number of carbonyl (C=O) groups excluding carboxylic acids is 2. The van der Waals surface area contributed by atoms with Crippen LogP contribution >= 0.6 is 0 Å². The number of ketones is 1. The van der Waals surface area contributed by atoms with Crippen molar-refractivity contribution in [3.8, 4) is 0 Å². The minimum Gasteiger partial charge on any atom is -0.321 e. The molecule has 25 heavy (non-hydrogen) atoms. The molecule has 0 unspecified atom stereocenters. The number of hydrogen-bond acceptors (Lipinski definition) is 4. The summed E-state index contributed by atoms with van der Waals surface area (Å²) in [5.41, 5.74) is 3.20. The Labute approximate surface area is 146 Å². The van der Waals surface area contributed by atoms with Crippen molar-refractivity contribution in [2.75, 3.05) is 19.4 Å². The van der Waals surface area contributed by atoms with E-state index in [1.165, 1.54) is 6.92 Å². The lowest BCUT2D eigenvalue weighted by atomic mass is 10.1. The molecule has 3 rings (SSSR count). The number of carbonyl (C=O) groups is 2. The second-order valence-electron chi connectivity index (χ2n) is 6.16. The van der Waals surface area contributed by atoms with Crippen LogP contribution in [0.3, 0.4) is 0 Å². The lowest BCUT2D eigenvalue weighted by molar-refractivity contribution is 0.101. The highest BCUT2D eigenvalue weighted by molar-refractivity contribution is 6.04. The van der Waals surface area contributed by atoms with Gasteiger partial charge in [-0.05, 0) is 57.4 Å². The molecule has 0 bridgehead atoms. The molecule has 1 amide bonds. The largest absolute Gasteiger partial charge is 0.321 e. The van der Waals surface area contributed by atoms with Crippen molar-refractivity contribution in [1.82, 2.24) is 14.3 Å². The molecule has 1 N–H and O–H groups in total. The van der Waals surface area contributed by atoms with Crippen LogP contribution in [0.2, 0.25) is 0 Å². The number of pyridine rings is 1. The molecule has 0 aliphatic heterocycles. The van der Waals surface area contributed by atoms with Crippen molar-refractivity contribution in [2.24, 2.45) is 0 Å². The van der Waals surface area contributed by atoms with Crippen LogP contribution in [0.25, 0.3) is 5.65 Å². The Morgan fingerprint density at radius 3 is 2.48 bits per heavy atom. The van der Waals surface area contributed by atoms with E-state index in [2.05, 4.69) is 10.3 Å². The van der Waals surface area contributed by atoms with E-state index in [0.717, 1.165) is 11.3 Å². The molecule has 0 radical (unpaired) electrons. The molecule has 0 spiro atoms. The minimum atomic E-state index is -0.267. The number of Topliss-reactive ketones (excluding diaryl/α,β-unsaturated/α-hetero) is 1. The van der Waals surface area contributed by atoms with Gasteiger partial charge in [-0.1, -0.05) is 6.07 Å². The van der Waals surface area contributed by atoms with Crippen LogP contribution in [0.1, 0.15) is 33.5 Å². The highest BCUT2D eigenvalue weighted by Gasteiger charge is 2.19. The molecule has 0 aliphatic rings. The SMILES string of the molecule is CC(=O)c1ccc(NC(=O)c2nc3ccccn3c2CN(C)C)cc1. The first-order valence-electron chi connectivity index (χ1n) is 7.99. The summed E-state index contributed by atoms with van der Waals surface area (Å²) >= 11 is 0. The molecule has 128 valence electrons. The fraction of sp³-hybridized carbons (Fsp3) is 0.211. The predicted molar refractivity (Wildman–Crippen MR) is 97.0 cm³/mol. The van der Waals surface area contributed by atoms with Gasteiger partial charge in [0.15, 0.2) is 11.5 Å². The van der Waals surface area contributed by atoms with Gasteiger partial charge in [0, 0.05) is 24.0 Å². The molecule has 2 heterocycles. The molecule has 1 aromatic carbocycles. The summed E-state index contributed by atoms with van der Waals surface area (Å²) in [6.07, 6.45) is 1.90. The van der Waals surface area contributed by atoms with Gasteiger partial charge in [0.25, 0.3) is 5.91 Å². The van der Waals surface area contributed by atoms with Crippen LogP contribution in [0.5, 0.6) is 0 Å². The van der Waals surface area contributed by atoms with Crippen molar-refractivity contribution in [1.29, 1.82) is 0 Å². The summed E-state index contributed by atoms with van der Waals surface area (Å²) in [4.78, 5) is 30.5. The third-order valence-corrected chi connectivity index (χ3v) is 3.86. The zero-order chi connectivity index (χ0) is 18.0. The molecule has 6 heteroatoms. The molecule has 2 aromatic heterocycles. The molecule has 0 atom stereocenters. The van der Waals surface area contributed by atoms with Gasteiger partial charge in [-0.3, -0.25) is 9.59 Å². The number of imidazole rings is 1. The van der Waals surface area contributed by atoms with Crippen molar-refractivity contribution in [2.45, 2.75) is 13.5 Å². The van der Waals surface area contributed by atoms with Gasteiger partial charge in [0.2, 0.25) is 0 Å². The average Bonchev–Trinajstić information content (AvgIpc) is 2.93. The lowest BCUT2D eigenvalue weighted by Crippen LogP contribution is -2.19. The maximum absolute atomic E-state index is 12.7. The van der Waals surface area contributed by atoms with Crippen molar-refractivity contribution < 1.29 is 9.59 Å². The Hall–Kier alpha value is -2.99. The van der Waals surface area contributed by atoms with E-state index in [1.54, 1.807) is 24.3 Å². The standard InChI is InChI=1S/C19H20N4O2/c1-13(24)14-7-9-15(10-8-14)20-19(25)18-16(12-22(2)3)23-11-5-4-6-17(23)21-18/h4-11H,12H2,1-3H3,(H,20,25). The second-order valence-corrected chi connectivity index (χ2v) is 6.16. The summed E-state index contributed by atoms with van der Waals surface area (Å²) < 4.78 is 1.92. The van der Waals surface area contributed by atoms with Gasteiger partial charge in [-0.15, -0.1) is 0 Å². The quantitative estimate of drug-likeness (QED) is 0.728. The van der Waals surface area contributed by atoms with Crippen LogP contribution in [0.15, 0.2) is 48.7 Å². The summed E-state index contributed by atoms with van der Waals surface area (Å²) in [6, 6.07) is 12.5. The predicted octanol–water partition coefficient (Wildman–Crippen LogP) is 2.85. The minimum absolute atomic E-state index is 0.00787. The first kappa shape index (κ1) is 16.9. The highest BCUT2D eigenvalue weighted by atomic mass is 16.2. The van der Waals surface area contributed by atoms with Crippen LogP contribution in [-0.2, 0) is 6.54 Å². The Balaban J connectivity index is 1.92. The molecule has 0 fully saturated rings. The van der Waals surface area contributed by atoms with E-state index in [4.69, 9.17) is 0 Å². The molecule has 0 saturated carbocycles. The number of nitrogens with one attached hydrogen (secondary N) is 1. The molecule has 0 saturated heterocycles. The molecule has 3 aromatic rings. The Morgan fingerprint density at radius 1 is 1.12 bits per heavy atom. The third-order valence-electron chi connectivity index (χ3n) is 3.86. The number of anilines is 1. The highest BCUT2D eigenvalue weighted by Crippen LogP contribution is 2.17. The number of aromatic nitrogens is 2. The van der Waals surface area contributed by atoms with Gasteiger partial charge >= 0.3 is 0 Å². The Morgan fingerprint density at radius 2 is 1.84 bits per heavy atom. The third kappa shape index (κ3) is 3.59. The summed E-state index contributed by atoms with van der Waals surface area (Å²) in [6.45, 7) is 2.11. The first-order chi connectivity index (χ1) is 12.0. The van der Waals surface area contributed by atoms with Gasteiger partial charge in [0.05, 0.1) is 5.69 Å². The molecular weight excluding hydrogens is 316 g/mol. The van der Waals surface area contributed by atoms with Crippen LogP contribution < -0.4 is 5.32 Å². The maximum Gasteiger partial charge on any atom is 0.276 e. The second kappa shape index (κ2) is 6.86. The Kier molecular flexibility index (Phi) is 4.63. The Bertz CT molecular complexity index is 926. The number of amides is 1. The zero-order valence-electron chi connectivity index (χ0n) is 14.5. The number of nitrogens with zero attached hydrogens (tertiary/aromatic N) is 3. The summed E-state index contributed by atoms with van der Waals surface area (Å²) in [5.74, 6) is -0.275. The monoisotopic (exact) mass is 336 g/mol. The topological polar surface area (TPSA) is 66.7 Å². The van der Waals surface area contributed by atoms with E-state index >= 15 is 0 Å². The van der Waals surface area contributed by atoms with E-state index < -0.39 is 0 Å². The van der Waals surface area contributed by atoms with Gasteiger partial charge in [-0.25, -0.2) is 4.98 Å². The number of benzene rings is 1. The fourth-order valence-corrected chi connectivity index (χ4v) is 2.66. The molecule has 0 aliphatic carbocycles. The smallest absolute Gasteiger partial charge is 0.276 e. The molecular formula is C19H20N4O2. The maximum atomic E-state index is 12.7. The van der Waals surface area contributed by atoms with E-state index in [9.17, 15) is 9.59 Å². The number of fused-ring (bicyclic) bond motifs is 1. The fourth-order valence-electron chi connectivity index (χ4n) is 2.66. The first-order valence-corrected chi connectivity index (χ1v) is 7.99. The van der Waals surface area contributed by atoms with Crippen LogP contribution in [0.4, 0.5) is 5.69 Å². The zero-order valence-corrected chi connectivity index (χ0v) is 14.5. The van der Waals surface area contributed by atoms with Gasteiger partial charge < -0.3 is 14.6 Å². The van der Waals surface area contributed by atoms with Crippen molar-refractivity contribution >= 4 is 23.0 Å². The van der Waals surface area contributed by atoms with Gasteiger partial charge in [-0.2, -0.15) is 0 Å². The summed E-state index contributed by atoms with van der Waals surface area (Å²) in [7, 11) is 3.90. The van der Waals surface area contributed by atoms with Crippen LogP contribution in [0, 0.1) is 0 Å².